The van der Waals surface area contributed by atoms with Crippen LogP contribution < -0.4 is 10.1 Å². The first-order chi connectivity index (χ1) is 13.5. The minimum absolute atomic E-state index is 0.0630. The Labute approximate surface area is 166 Å². The highest BCUT2D eigenvalue weighted by molar-refractivity contribution is 5.78. The molecule has 0 aliphatic carbocycles. The average molecular weight is 384 g/mol. The number of nitrogens with one attached hydrogen (secondary N) is 1. The molecule has 3 rings (SSSR count). The molecule has 0 bridgehead atoms. The number of amides is 1. The number of piperidine rings is 1. The van der Waals surface area contributed by atoms with Crippen LogP contribution in [-0.2, 0) is 17.9 Å². The van der Waals surface area contributed by atoms with Crippen LogP contribution in [0.5, 0.6) is 5.75 Å². The van der Waals surface area contributed by atoms with Crippen molar-refractivity contribution in [2.24, 2.45) is 5.92 Å². The normalized spacial score (nSPS) is 15.6. The van der Waals surface area contributed by atoms with Crippen molar-refractivity contribution in [2.75, 3.05) is 13.1 Å². The van der Waals surface area contributed by atoms with E-state index in [1.807, 2.05) is 50.2 Å². The van der Waals surface area contributed by atoms with Gasteiger partial charge in [0.1, 0.15) is 11.6 Å². The lowest BCUT2D eigenvalue weighted by atomic mass is 9.95. The summed E-state index contributed by atoms with van der Waals surface area (Å²) in [6, 6.07) is 14.5. The lowest BCUT2D eigenvalue weighted by molar-refractivity contribution is -0.126. The first-order valence-electron chi connectivity index (χ1n) is 9.99. The molecular formula is C23H29FN2O2. The van der Waals surface area contributed by atoms with E-state index >= 15 is 0 Å². The molecule has 1 aliphatic rings. The lowest BCUT2D eigenvalue weighted by Crippen LogP contribution is -2.40. The van der Waals surface area contributed by atoms with Gasteiger partial charge in [0.25, 0.3) is 0 Å². The van der Waals surface area contributed by atoms with E-state index in [0.29, 0.717) is 6.54 Å². The number of likely N-dealkylation sites (tertiary alicyclic amines) is 1. The van der Waals surface area contributed by atoms with Gasteiger partial charge in [0.2, 0.25) is 5.91 Å². The third-order valence-corrected chi connectivity index (χ3v) is 5.04. The fourth-order valence-corrected chi connectivity index (χ4v) is 3.49. The monoisotopic (exact) mass is 384 g/mol. The van der Waals surface area contributed by atoms with Crippen molar-refractivity contribution < 1.29 is 13.9 Å². The highest BCUT2D eigenvalue weighted by atomic mass is 19.1. The maximum Gasteiger partial charge on any atom is 0.223 e. The van der Waals surface area contributed by atoms with E-state index in [1.54, 1.807) is 0 Å². The third-order valence-electron chi connectivity index (χ3n) is 5.04. The van der Waals surface area contributed by atoms with Crippen LogP contribution in [0.4, 0.5) is 4.39 Å². The van der Waals surface area contributed by atoms with E-state index in [0.717, 1.165) is 49.4 Å². The van der Waals surface area contributed by atoms with Gasteiger partial charge in [0.15, 0.2) is 0 Å². The van der Waals surface area contributed by atoms with E-state index in [-0.39, 0.29) is 23.7 Å². The minimum Gasteiger partial charge on any atom is -0.491 e. The van der Waals surface area contributed by atoms with Gasteiger partial charge in [-0.2, -0.15) is 0 Å². The molecule has 1 saturated heterocycles. The smallest absolute Gasteiger partial charge is 0.223 e. The number of hydrogen-bond acceptors (Lipinski definition) is 3. The number of carbonyl (C=O) groups is 1. The van der Waals surface area contributed by atoms with Crippen molar-refractivity contribution in [3.63, 3.8) is 0 Å². The van der Waals surface area contributed by atoms with Crippen LogP contribution in [0.3, 0.4) is 0 Å². The average Bonchev–Trinajstić information content (AvgIpc) is 2.69. The second-order valence-electron chi connectivity index (χ2n) is 7.71. The number of halogens is 1. The number of carbonyl (C=O) groups excluding carboxylic acids is 1. The highest BCUT2D eigenvalue weighted by Gasteiger charge is 2.24. The van der Waals surface area contributed by atoms with Gasteiger partial charge < -0.3 is 10.1 Å². The second kappa shape index (κ2) is 9.69. The van der Waals surface area contributed by atoms with Crippen LogP contribution >= 0.6 is 0 Å². The minimum atomic E-state index is -0.207. The van der Waals surface area contributed by atoms with Gasteiger partial charge in [0, 0.05) is 19.0 Å². The predicted octanol–water partition coefficient (Wildman–Crippen LogP) is 4.14. The molecule has 0 radical (unpaired) electrons. The van der Waals surface area contributed by atoms with Crippen molar-refractivity contribution in [3.05, 3.63) is 65.5 Å². The second-order valence-corrected chi connectivity index (χ2v) is 7.71. The molecule has 1 heterocycles. The first-order valence-corrected chi connectivity index (χ1v) is 9.99. The zero-order chi connectivity index (χ0) is 19.9. The summed E-state index contributed by atoms with van der Waals surface area (Å²) >= 11 is 0. The van der Waals surface area contributed by atoms with Crippen molar-refractivity contribution in [1.82, 2.24) is 10.2 Å². The molecule has 1 fully saturated rings. The van der Waals surface area contributed by atoms with Gasteiger partial charge in [-0.3, -0.25) is 9.69 Å². The molecule has 0 aromatic heterocycles. The Bertz CT molecular complexity index is 751. The van der Waals surface area contributed by atoms with Crippen molar-refractivity contribution in [2.45, 2.75) is 45.9 Å². The van der Waals surface area contributed by atoms with Crippen molar-refractivity contribution >= 4 is 5.91 Å². The van der Waals surface area contributed by atoms with Crippen LogP contribution in [-0.4, -0.2) is 30.0 Å². The zero-order valence-corrected chi connectivity index (χ0v) is 16.7. The Morgan fingerprint density at radius 3 is 2.29 bits per heavy atom. The Morgan fingerprint density at radius 1 is 1.07 bits per heavy atom. The number of rotatable bonds is 7. The summed E-state index contributed by atoms with van der Waals surface area (Å²) in [5.41, 5.74) is 2.17. The number of nitrogens with zero attached hydrogens (tertiary/aromatic N) is 1. The topological polar surface area (TPSA) is 41.6 Å². The van der Waals surface area contributed by atoms with Crippen LogP contribution in [0, 0.1) is 11.7 Å². The summed E-state index contributed by atoms with van der Waals surface area (Å²) in [4.78, 5) is 14.8. The van der Waals surface area contributed by atoms with Gasteiger partial charge in [-0.25, -0.2) is 4.39 Å². The van der Waals surface area contributed by atoms with Crippen LogP contribution in [0.1, 0.15) is 37.8 Å². The molecule has 1 N–H and O–H groups in total. The molecule has 5 heteroatoms. The third kappa shape index (κ3) is 6.06. The first kappa shape index (κ1) is 20.3. The van der Waals surface area contributed by atoms with E-state index in [2.05, 4.69) is 10.2 Å². The van der Waals surface area contributed by atoms with Gasteiger partial charge in [-0.15, -0.1) is 0 Å². The molecule has 2 aromatic carbocycles. The predicted molar refractivity (Wildman–Crippen MR) is 108 cm³/mol. The maximum absolute atomic E-state index is 13.0. The molecule has 2 aromatic rings. The Morgan fingerprint density at radius 2 is 1.68 bits per heavy atom. The van der Waals surface area contributed by atoms with Crippen LogP contribution in [0.2, 0.25) is 0 Å². The van der Waals surface area contributed by atoms with Crippen LogP contribution in [0.25, 0.3) is 0 Å². The van der Waals surface area contributed by atoms with Crippen LogP contribution in [0.15, 0.2) is 48.5 Å². The Hall–Kier alpha value is -2.40. The molecule has 4 nitrogen and oxygen atoms in total. The van der Waals surface area contributed by atoms with Crippen molar-refractivity contribution in [1.29, 1.82) is 0 Å². The Balaban J connectivity index is 1.40. The molecule has 1 aliphatic heterocycles. The van der Waals surface area contributed by atoms with E-state index in [9.17, 15) is 9.18 Å². The Kier molecular flexibility index (Phi) is 7.04. The zero-order valence-electron chi connectivity index (χ0n) is 16.7. The van der Waals surface area contributed by atoms with Crippen molar-refractivity contribution in [3.8, 4) is 5.75 Å². The summed E-state index contributed by atoms with van der Waals surface area (Å²) < 4.78 is 18.6. The van der Waals surface area contributed by atoms with Gasteiger partial charge in [-0.05, 0) is 75.2 Å². The molecule has 1 amide bonds. The van der Waals surface area contributed by atoms with Gasteiger partial charge in [0.05, 0.1) is 6.10 Å². The summed E-state index contributed by atoms with van der Waals surface area (Å²) in [7, 11) is 0. The standard InChI is InChI=1S/C23H29FN2O2/c1-17(2)28-22-9-5-18(6-10-22)15-25-23(27)20-11-13-26(14-12-20)16-19-3-7-21(24)8-4-19/h3-10,17,20H,11-16H2,1-2H3,(H,25,27). The molecule has 28 heavy (non-hydrogen) atoms. The lowest BCUT2D eigenvalue weighted by Gasteiger charge is -2.31. The molecule has 0 saturated carbocycles. The fraction of sp³-hybridized carbons (Fsp3) is 0.435. The highest BCUT2D eigenvalue weighted by Crippen LogP contribution is 2.20. The van der Waals surface area contributed by atoms with E-state index in [4.69, 9.17) is 4.74 Å². The molecular weight excluding hydrogens is 355 g/mol. The molecule has 0 spiro atoms. The molecule has 0 atom stereocenters. The van der Waals surface area contributed by atoms with E-state index < -0.39 is 0 Å². The summed E-state index contributed by atoms with van der Waals surface area (Å²) in [5.74, 6) is 0.830. The van der Waals surface area contributed by atoms with Gasteiger partial charge in [-0.1, -0.05) is 24.3 Å². The summed E-state index contributed by atoms with van der Waals surface area (Å²) in [6.07, 6.45) is 1.86. The SMILES string of the molecule is CC(C)Oc1ccc(CNC(=O)C2CCN(Cc3ccc(F)cc3)CC2)cc1. The van der Waals surface area contributed by atoms with Gasteiger partial charge >= 0.3 is 0 Å². The summed E-state index contributed by atoms with van der Waals surface area (Å²) in [5, 5.41) is 3.06. The molecule has 150 valence electrons. The number of ether oxygens (including phenoxy) is 1. The quantitative estimate of drug-likeness (QED) is 0.780. The largest absolute Gasteiger partial charge is 0.491 e. The number of hydrogen-bond donors (Lipinski definition) is 1. The molecule has 0 unspecified atom stereocenters. The summed E-state index contributed by atoms with van der Waals surface area (Å²) in [6.45, 7) is 7.11. The number of benzene rings is 2. The van der Waals surface area contributed by atoms with E-state index in [1.165, 1.54) is 12.1 Å². The maximum atomic E-state index is 13.0. The fourth-order valence-electron chi connectivity index (χ4n) is 3.49.